The standard InChI is InChI=1S/C14H22N2O3S/c1-14(7-3-2-4-8-14)11-16-20(18,19)13-6-5-12(10-17)9-15-13/h5-6,9,16-17H,2-4,7-8,10-11H2,1H3. The number of aliphatic hydroxyl groups excluding tert-OH is 1. The van der Waals surface area contributed by atoms with Crippen molar-refractivity contribution in [2.75, 3.05) is 6.54 Å². The molecule has 0 bridgehead atoms. The number of nitrogens with one attached hydrogen (secondary N) is 1. The van der Waals surface area contributed by atoms with E-state index in [0.717, 1.165) is 12.8 Å². The minimum Gasteiger partial charge on any atom is -0.392 e. The van der Waals surface area contributed by atoms with Crippen LogP contribution in [0.1, 0.15) is 44.6 Å². The number of pyridine rings is 1. The molecule has 1 saturated carbocycles. The molecule has 6 heteroatoms. The van der Waals surface area contributed by atoms with E-state index in [1.807, 2.05) is 0 Å². The normalized spacial score (nSPS) is 18.9. The Kier molecular flexibility index (Phi) is 4.78. The van der Waals surface area contributed by atoms with Crippen LogP contribution >= 0.6 is 0 Å². The van der Waals surface area contributed by atoms with E-state index in [9.17, 15) is 8.42 Å². The first-order valence-corrected chi connectivity index (χ1v) is 8.49. The molecule has 0 unspecified atom stereocenters. The van der Waals surface area contributed by atoms with Crippen molar-refractivity contribution in [2.45, 2.75) is 50.7 Å². The maximum atomic E-state index is 12.2. The van der Waals surface area contributed by atoms with E-state index < -0.39 is 10.0 Å². The van der Waals surface area contributed by atoms with Gasteiger partial charge in [-0.25, -0.2) is 18.1 Å². The van der Waals surface area contributed by atoms with Crippen LogP contribution in [-0.2, 0) is 16.6 Å². The molecule has 2 N–H and O–H groups in total. The largest absolute Gasteiger partial charge is 0.392 e. The molecule has 2 rings (SSSR count). The number of nitrogens with zero attached hydrogens (tertiary/aromatic N) is 1. The molecular weight excluding hydrogens is 276 g/mol. The second kappa shape index (κ2) is 6.20. The lowest BCUT2D eigenvalue weighted by molar-refractivity contribution is 0.219. The number of aromatic nitrogens is 1. The van der Waals surface area contributed by atoms with Gasteiger partial charge in [-0.3, -0.25) is 0 Å². The van der Waals surface area contributed by atoms with Crippen LogP contribution < -0.4 is 4.72 Å². The highest BCUT2D eigenvalue weighted by Gasteiger charge is 2.29. The van der Waals surface area contributed by atoms with Gasteiger partial charge in [0.2, 0.25) is 0 Å². The minimum atomic E-state index is -3.57. The van der Waals surface area contributed by atoms with Crippen molar-refractivity contribution in [1.29, 1.82) is 0 Å². The van der Waals surface area contributed by atoms with Crippen LogP contribution in [-0.4, -0.2) is 25.1 Å². The molecule has 0 radical (unpaired) electrons. The maximum absolute atomic E-state index is 12.2. The third-order valence-electron chi connectivity index (χ3n) is 4.01. The summed E-state index contributed by atoms with van der Waals surface area (Å²) in [6, 6.07) is 3.00. The van der Waals surface area contributed by atoms with Crippen molar-refractivity contribution < 1.29 is 13.5 Å². The summed E-state index contributed by atoms with van der Waals surface area (Å²) < 4.78 is 27.0. The van der Waals surface area contributed by atoms with Gasteiger partial charge in [-0.15, -0.1) is 0 Å². The monoisotopic (exact) mass is 298 g/mol. The first-order valence-electron chi connectivity index (χ1n) is 7.01. The summed E-state index contributed by atoms with van der Waals surface area (Å²) in [5, 5.41) is 8.94. The van der Waals surface area contributed by atoms with Crippen molar-refractivity contribution in [3.63, 3.8) is 0 Å². The lowest BCUT2D eigenvalue weighted by atomic mass is 9.76. The third kappa shape index (κ3) is 3.77. The summed E-state index contributed by atoms with van der Waals surface area (Å²) in [6.45, 7) is 2.45. The smallest absolute Gasteiger partial charge is 0.258 e. The maximum Gasteiger partial charge on any atom is 0.258 e. The van der Waals surface area contributed by atoms with Crippen molar-refractivity contribution >= 4 is 10.0 Å². The molecule has 1 aromatic rings. The van der Waals surface area contributed by atoms with Gasteiger partial charge in [-0.05, 0) is 29.9 Å². The van der Waals surface area contributed by atoms with Gasteiger partial charge in [-0.2, -0.15) is 0 Å². The van der Waals surface area contributed by atoms with E-state index >= 15 is 0 Å². The Bertz CT molecular complexity index is 534. The number of hydrogen-bond donors (Lipinski definition) is 2. The molecule has 20 heavy (non-hydrogen) atoms. The Hall–Kier alpha value is -0.980. The average Bonchev–Trinajstić information content (AvgIpc) is 2.46. The highest BCUT2D eigenvalue weighted by molar-refractivity contribution is 7.89. The molecule has 5 nitrogen and oxygen atoms in total. The Morgan fingerprint density at radius 1 is 1.30 bits per heavy atom. The summed E-state index contributed by atoms with van der Waals surface area (Å²) in [4.78, 5) is 3.90. The van der Waals surface area contributed by atoms with Crippen LogP contribution in [0.15, 0.2) is 23.4 Å². The van der Waals surface area contributed by atoms with E-state index in [2.05, 4.69) is 16.6 Å². The van der Waals surface area contributed by atoms with E-state index in [-0.39, 0.29) is 17.0 Å². The van der Waals surface area contributed by atoms with Crippen molar-refractivity contribution in [1.82, 2.24) is 9.71 Å². The predicted octanol–water partition coefficient (Wildman–Crippen LogP) is 1.82. The molecule has 112 valence electrons. The zero-order valence-electron chi connectivity index (χ0n) is 11.8. The van der Waals surface area contributed by atoms with Crippen molar-refractivity contribution in [2.24, 2.45) is 5.41 Å². The molecule has 1 aliphatic rings. The van der Waals surface area contributed by atoms with Gasteiger partial charge >= 0.3 is 0 Å². The molecule has 0 atom stereocenters. The molecule has 1 aliphatic carbocycles. The SMILES string of the molecule is CC1(CNS(=O)(=O)c2ccc(CO)cn2)CCCCC1. The fourth-order valence-corrected chi connectivity index (χ4v) is 3.71. The van der Waals surface area contributed by atoms with Gasteiger partial charge in [0.05, 0.1) is 6.61 Å². The van der Waals surface area contributed by atoms with Crippen molar-refractivity contribution in [3.8, 4) is 0 Å². The Balaban J connectivity index is 2.02. The molecule has 1 fully saturated rings. The minimum absolute atomic E-state index is 0.00843. The fourth-order valence-electron chi connectivity index (χ4n) is 2.59. The highest BCUT2D eigenvalue weighted by Crippen LogP contribution is 2.35. The Morgan fingerprint density at radius 3 is 2.55 bits per heavy atom. The zero-order chi connectivity index (χ0) is 14.6. The second-order valence-electron chi connectivity index (χ2n) is 5.86. The van der Waals surface area contributed by atoms with Crippen LogP contribution in [0.4, 0.5) is 0 Å². The lowest BCUT2D eigenvalue weighted by Crippen LogP contribution is -2.37. The second-order valence-corrected chi connectivity index (χ2v) is 7.57. The van der Waals surface area contributed by atoms with Crippen LogP contribution in [0.2, 0.25) is 0 Å². The van der Waals surface area contributed by atoms with E-state index in [0.29, 0.717) is 12.1 Å². The fraction of sp³-hybridized carbons (Fsp3) is 0.643. The Morgan fingerprint density at radius 2 is 2.00 bits per heavy atom. The van der Waals surface area contributed by atoms with Crippen LogP contribution in [0.25, 0.3) is 0 Å². The van der Waals surface area contributed by atoms with Gasteiger partial charge in [0.1, 0.15) is 0 Å². The van der Waals surface area contributed by atoms with Crippen LogP contribution in [0, 0.1) is 5.41 Å². The summed E-state index contributed by atoms with van der Waals surface area (Å²) in [7, 11) is -3.57. The first kappa shape index (κ1) is 15.4. The topological polar surface area (TPSA) is 79.3 Å². The van der Waals surface area contributed by atoms with Crippen LogP contribution in [0.3, 0.4) is 0 Å². The third-order valence-corrected chi connectivity index (χ3v) is 5.32. The number of rotatable bonds is 5. The quantitative estimate of drug-likeness (QED) is 0.869. The predicted molar refractivity (Wildman–Crippen MR) is 76.5 cm³/mol. The summed E-state index contributed by atoms with van der Waals surface area (Å²) >= 11 is 0. The molecule has 1 heterocycles. The molecule has 0 saturated heterocycles. The van der Waals surface area contributed by atoms with Gasteiger partial charge in [-0.1, -0.05) is 32.3 Å². The zero-order valence-corrected chi connectivity index (χ0v) is 12.6. The number of hydrogen-bond acceptors (Lipinski definition) is 4. The molecule has 0 aliphatic heterocycles. The van der Waals surface area contributed by atoms with E-state index in [1.165, 1.54) is 31.5 Å². The van der Waals surface area contributed by atoms with Gasteiger partial charge < -0.3 is 5.11 Å². The molecule has 0 amide bonds. The Labute approximate surface area is 120 Å². The first-order chi connectivity index (χ1) is 9.45. The van der Waals surface area contributed by atoms with Crippen molar-refractivity contribution in [3.05, 3.63) is 23.9 Å². The molecule has 0 aromatic carbocycles. The summed E-state index contributed by atoms with van der Waals surface area (Å²) in [5.74, 6) is 0. The van der Waals surface area contributed by atoms with Gasteiger partial charge in [0, 0.05) is 12.7 Å². The molecule has 0 spiro atoms. The number of sulfonamides is 1. The summed E-state index contributed by atoms with van der Waals surface area (Å²) in [5.41, 5.74) is 0.652. The molecule has 1 aromatic heterocycles. The van der Waals surface area contributed by atoms with Gasteiger partial charge in [0.15, 0.2) is 5.03 Å². The molecular formula is C14H22N2O3S. The van der Waals surface area contributed by atoms with Gasteiger partial charge in [0.25, 0.3) is 10.0 Å². The van der Waals surface area contributed by atoms with Crippen LogP contribution in [0.5, 0.6) is 0 Å². The van der Waals surface area contributed by atoms with E-state index in [4.69, 9.17) is 5.11 Å². The highest BCUT2D eigenvalue weighted by atomic mass is 32.2. The lowest BCUT2D eigenvalue weighted by Gasteiger charge is -2.33. The number of aliphatic hydroxyl groups is 1. The summed E-state index contributed by atoms with van der Waals surface area (Å²) in [6.07, 6.45) is 7.09. The van der Waals surface area contributed by atoms with E-state index in [1.54, 1.807) is 6.07 Å². The average molecular weight is 298 g/mol.